The number of rotatable bonds is 3. The topological polar surface area (TPSA) is 49.9 Å². The highest BCUT2D eigenvalue weighted by Crippen LogP contribution is 2.32. The van der Waals surface area contributed by atoms with E-state index in [-0.39, 0.29) is 10.9 Å². The Morgan fingerprint density at radius 1 is 1.12 bits per heavy atom. The van der Waals surface area contributed by atoms with E-state index in [0.717, 1.165) is 31.6 Å². The third-order valence-electron chi connectivity index (χ3n) is 4.72. The number of morpholine rings is 1. The van der Waals surface area contributed by atoms with Gasteiger partial charge in [0.1, 0.15) is 0 Å². The Bertz CT molecular complexity index is 703. The van der Waals surface area contributed by atoms with Crippen LogP contribution in [0.15, 0.2) is 29.2 Å². The van der Waals surface area contributed by atoms with Crippen LogP contribution in [-0.2, 0) is 20.9 Å². The van der Waals surface area contributed by atoms with Gasteiger partial charge in [-0.3, -0.25) is 4.90 Å². The van der Waals surface area contributed by atoms with Gasteiger partial charge in [-0.05, 0) is 31.0 Å². The summed E-state index contributed by atoms with van der Waals surface area (Å²) in [6.07, 6.45) is -2.99. The highest BCUT2D eigenvalue weighted by Gasteiger charge is 2.35. The number of hydrogen-bond donors (Lipinski definition) is 0. The molecule has 1 aromatic rings. The number of benzene rings is 1. The van der Waals surface area contributed by atoms with Crippen LogP contribution in [0.25, 0.3) is 0 Å². The second-order valence-corrected chi connectivity index (χ2v) is 8.27. The zero-order valence-corrected chi connectivity index (χ0v) is 14.5. The molecular weight excluding hydrogens is 357 g/mol. The summed E-state index contributed by atoms with van der Waals surface area (Å²) < 4.78 is 70.9. The summed E-state index contributed by atoms with van der Waals surface area (Å²) in [6.45, 7) is 3.38. The van der Waals surface area contributed by atoms with E-state index in [1.54, 1.807) is 0 Å². The average molecular weight is 378 g/mol. The molecule has 0 N–H and O–H groups in total. The molecule has 140 valence electrons. The number of hydrogen-bond acceptors (Lipinski definition) is 4. The van der Waals surface area contributed by atoms with Crippen molar-refractivity contribution >= 4 is 10.0 Å². The SMILES string of the molecule is O=S(=O)(c1cccc(C(F)(F)F)c1)N1CCC[C@@H](N2CCOCC2)C1. The molecule has 0 aromatic heterocycles. The Morgan fingerprint density at radius 2 is 1.84 bits per heavy atom. The Hall–Kier alpha value is -1.16. The summed E-state index contributed by atoms with van der Waals surface area (Å²) in [5, 5.41) is 0. The van der Waals surface area contributed by atoms with Crippen molar-refractivity contribution in [2.24, 2.45) is 0 Å². The predicted molar refractivity (Wildman–Crippen MR) is 85.6 cm³/mol. The first-order valence-electron chi connectivity index (χ1n) is 8.28. The van der Waals surface area contributed by atoms with Crippen LogP contribution in [0.1, 0.15) is 18.4 Å². The molecule has 2 aliphatic heterocycles. The second kappa shape index (κ2) is 7.22. The molecule has 0 bridgehead atoms. The maximum absolute atomic E-state index is 12.9. The van der Waals surface area contributed by atoms with Gasteiger partial charge in [0.15, 0.2) is 0 Å². The van der Waals surface area contributed by atoms with E-state index in [1.165, 1.54) is 10.4 Å². The van der Waals surface area contributed by atoms with Gasteiger partial charge in [-0.1, -0.05) is 6.07 Å². The molecule has 25 heavy (non-hydrogen) atoms. The number of alkyl halides is 3. The van der Waals surface area contributed by atoms with E-state index in [0.29, 0.717) is 38.8 Å². The van der Waals surface area contributed by atoms with Gasteiger partial charge in [0.05, 0.1) is 23.7 Å². The van der Waals surface area contributed by atoms with Gasteiger partial charge in [0, 0.05) is 32.2 Å². The van der Waals surface area contributed by atoms with Gasteiger partial charge in [-0.2, -0.15) is 17.5 Å². The molecule has 0 spiro atoms. The summed E-state index contributed by atoms with van der Waals surface area (Å²) in [5.41, 5.74) is -0.949. The molecule has 3 rings (SSSR count). The molecule has 0 aliphatic carbocycles. The minimum atomic E-state index is -4.57. The van der Waals surface area contributed by atoms with E-state index in [1.807, 2.05) is 0 Å². The van der Waals surface area contributed by atoms with Crippen molar-refractivity contribution in [2.75, 3.05) is 39.4 Å². The third kappa shape index (κ3) is 4.16. The monoisotopic (exact) mass is 378 g/mol. The zero-order chi connectivity index (χ0) is 18.1. The number of ether oxygens (including phenoxy) is 1. The maximum Gasteiger partial charge on any atom is 0.416 e. The Kier molecular flexibility index (Phi) is 5.38. The fraction of sp³-hybridized carbons (Fsp3) is 0.625. The molecule has 1 atom stereocenters. The van der Waals surface area contributed by atoms with Crippen molar-refractivity contribution in [3.05, 3.63) is 29.8 Å². The summed E-state index contributed by atoms with van der Waals surface area (Å²) >= 11 is 0. The molecule has 2 aliphatic rings. The largest absolute Gasteiger partial charge is 0.416 e. The van der Waals surface area contributed by atoms with Crippen LogP contribution >= 0.6 is 0 Å². The van der Waals surface area contributed by atoms with E-state index in [9.17, 15) is 21.6 Å². The van der Waals surface area contributed by atoms with Crippen LogP contribution in [0.2, 0.25) is 0 Å². The molecule has 0 amide bonds. The summed E-state index contributed by atoms with van der Waals surface area (Å²) in [6, 6.07) is 4.04. The van der Waals surface area contributed by atoms with Crippen LogP contribution in [0, 0.1) is 0 Å². The Labute approximate surface area is 145 Å². The van der Waals surface area contributed by atoms with Crippen LogP contribution in [0.5, 0.6) is 0 Å². The van der Waals surface area contributed by atoms with Gasteiger partial charge in [-0.25, -0.2) is 8.42 Å². The highest BCUT2D eigenvalue weighted by molar-refractivity contribution is 7.89. The van der Waals surface area contributed by atoms with Gasteiger partial charge in [-0.15, -0.1) is 0 Å². The molecular formula is C16H21F3N2O3S. The molecule has 0 saturated carbocycles. The molecule has 0 unspecified atom stereocenters. The van der Waals surface area contributed by atoms with Gasteiger partial charge < -0.3 is 4.74 Å². The lowest BCUT2D eigenvalue weighted by molar-refractivity contribution is -0.137. The summed E-state index contributed by atoms with van der Waals surface area (Å²) in [7, 11) is -3.94. The standard InChI is InChI=1S/C16H21F3N2O3S/c17-16(18,19)13-3-1-5-15(11-13)25(22,23)21-6-2-4-14(12-21)20-7-9-24-10-8-20/h1,3,5,11,14H,2,4,6-10,12H2/t14-/m1/s1. The lowest BCUT2D eigenvalue weighted by Gasteiger charge is -2.40. The van der Waals surface area contributed by atoms with Crippen molar-refractivity contribution in [3.8, 4) is 0 Å². The smallest absolute Gasteiger partial charge is 0.379 e. The minimum absolute atomic E-state index is 0.0817. The zero-order valence-electron chi connectivity index (χ0n) is 13.7. The maximum atomic E-state index is 12.9. The lowest BCUT2D eigenvalue weighted by atomic mass is 10.1. The Balaban J connectivity index is 1.79. The molecule has 9 heteroatoms. The number of nitrogens with zero attached hydrogens (tertiary/aromatic N) is 2. The molecule has 2 fully saturated rings. The number of piperidine rings is 1. The lowest BCUT2D eigenvalue weighted by Crippen LogP contribution is -2.52. The average Bonchev–Trinajstić information content (AvgIpc) is 2.62. The van der Waals surface area contributed by atoms with Gasteiger partial charge in [0.2, 0.25) is 10.0 Å². The van der Waals surface area contributed by atoms with Gasteiger partial charge >= 0.3 is 6.18 Å². The first-order chi connectivity index (χ1) is 11.8. The summed E-state index contributed by atoms with van der Waals surface area (Å²) in [4.78, 5) is 1.90. The first-order valence-corrected chi connectivity index (χ1v) is 9.72. The Morgan fingerprint density at radius 3 is 2.52 bits per heavy atom. The number of halogens is 3. The fourth-order valence-electron chi connectivity index (χ4n) is 3.36. The third-order valence-corrected chi connectivity index (χ3v) is 6.58. The van der Waals surface area contributed by atoms with E-state index >= 15 is 0 Å². The van der Waals surface area contributed by atoms with Crippen molar-refractivity contribution in [2.45, 2.75) is 30.0 Å². The van der Waals surface area contributed by atoms with Crippen molar-refractivity contribution < 1.29 is 26.3 Å². The molecule has 2 saturated heterocycles. The van der Waals surface area contributed by atoms with E-state index in [2.05, 4.69) is 4.90 Å². The van der Waals surface area contributed by atoms with Crippen LogP contribution in [-0.4, -0.2) is 63.1 Å². The fourth-order valence-corrected chi connectivity index (χ4v) is 4.92. The molecule has 5 nitrogen and oxygen atoms in total. The molecule has 2 heterocycles. The first kappa shape index (κ1) is 18.6. The predicted octanol–water partition coefficient (Wildman–Crippen LogP) is 2.19. The molecule has 0 radical (unpaired) electrons. The summed E-state index contributed by atoms with van der Waals surface area (Å²) in [5.74, 6) is 0. The van der Waals surface area contributed by atoms with E-state index < -0.39 is 21.8 Å². The van der Waals surface area contributed by atoms with Crippen LogP contribution in [0.4, 0.5) is 13.2 Å². The number of sulfonamides is 1. The van der Waals surface area contributed by atoms with Crippen LogP contribution < -0.4 is 0 Å². The van der Waals surface area contributed by atoms with E-state index in [4.69, 9.17) is 4.74 Å². The normalized spacial score (nSPS) is 24.4. The van der Waals surface area contributed by atoms with Crippen molar-refractivity contribution in [3.63, 3.8) is 0 Å². The van der Waals surface area contributed by atoms with Crippen LogP contribution in [0.3, 0.4) is 0 Å². The van der Waals surface area contributed by atoms with Gasteiger partial charge in [0.25, 0.3) is 0 Å². The second-order valence-electron chi connectivity index (χ2n) is 6.33. The van der Waals surface area contributed by atoms with Crippen molar-refractivity contribution in [1.29, 1.82) is 0 Å². The minimum Gasteiger partial charge on any atom is -0.379 e. The highest BCUT2D eigenvalue weighted by atomic mass is 32.2. The quantitative estimate of drug-likeness (QED) is 0.809. The van der Waals surface area contributed by atoms with Crippen molar-refractivity contribution in [1.82, 2.24) is 9.21 Å². The molecule has 1 aromatic carbocycles.